The van der Waals surface area contributed by atoms with E-state index in [1.165, 1.54) is 6.33 Å². The van der Waals surface area contributed by atoms with Crippen LogP contribution >= 0.6 is 0 Å². The van der Waals surface area contributed by atoms with Crippen molar-refractivity contribution in [1.29, 1.82) is 10.5 Å². The van der Waals surface area contributed by atoms with Crippen molar-refractivity contribution in [3.05, 3.63) is 48.7 Å². The molecule has 3 aromatic heterocycles. The first kappa shape index (κ1) is 33.8. The number of tetrazole rings is 1. The van der Waals surface area contributed by atoms with Crippen LogP contribution in [0.2, 0.25) is 0 Å². The number of rotatable bonds is 13. The van der Waals surface area contributed by atoms with Gasteiger partial charge in [-0.3, -0.25) is 9.58 Å². The molecule has 15 nitrogen and oxygen atoms in total. The van der Waals surface area contributed by atoms with Crippen molar-refractivity contribution in [2.75, 3.05) is 25.0 Å². The third-order valence-electron chi connectivity index (χ3n) is 8.87. The van der Waals surface area contributed by atoms with E-state index < -0.39 is 0 Å². The topological polar surface area (TPSA) is 178 Å². The van der Waals surface area contributed by atoms with E-state index in [1.54, 1.807) is 23.1 Å². The van der Waals surface area contributed by atoms with Gasteiger partial charge in [0.25, 0.3) is 5.88 Å². The Bertz CT molecular complexity index is 1730. The van der Waals surface area contributed by atoms with Gasteiger partial charge in [-0.15, -0.1) is 10.2 Å². The molecule has 1 saturated carbocycles. The van der Waals surface area contributed by atoms with Crippen LogP contribution in [0.25, 0.3) is 11.1 Å². The summed E-state index contributed by atoms with van der Waals surface area (Å²) in [4.78, 5) is 11.7. The maximum atomic E-state index is 9.66. The van der Waals surface area contributed by atoms with Crippen LogP contribution in [0.1, 0.15) is 70.9 Å². The molecule has 1 aliphatic heterocycles. The number of hydrogen-bond acceptors (Lipinski definition) is 13. The van der Waals surface area contributed by atoms with Crippen molar-refractivity contribution in [1.82, 2.24) is 44.9 Å². The fourth-order valence-corrected chi connectivity index (χ4v) is 6.61. The Balaban J connectivity index is 1.13. The van der Waals surface area contributed by atoms with Gasteiger partial charge in [-0.2, -0.15) is 10.5 Å². The van der Waals surface area contributed by atoms with E-state index in [1.807, 2.05) is 29.9 Å². The molecule has 4 heterocycles. The Morgan fingerprint density at radius 3 is 2.49 bits per heavy atom. The van der Waals surface area contributed by atoms with Gasteiger partial charge in [0, 0.05) is 43.5 Å². The summed E-state index contributed by atoms with van der Waals surface area (Å²) >= 11 is 0. The maximum absolute atomic E-state index is 9.66. The number of unbranched alkanes of at least 4 members (excludes halogenated alkanes) is 1. The van der Waals surface area contributed by atoms with Crippen LogP contribution in [-0.4, -0.2) is 88.9 Å². The molecule has 1 N–H and O–H groups in total. The molecule has 1 unspecified atom stereocenters. The molecule has 2 fully saturated rings. The molecule has 1 aliphatic carbocycles. The van der Waals surface area contributed by atoms with Gasteiger partial charge in [-0.1, -0.05) is 6.07 Å². The largest absolute Gasteiger partial charge is 0.487 e. The molecule has 2 aliphatic rings. The van der Waals surface area contributed by atoms with Gasteiger partial charge in [-0.25, -0.2) is 14.6 Å². The van der Waals surface area contributed by atoms with Crippen LogP contribution in [0, 0.1) is 22.7 Å². The molecule has 256 valence electrons. The lowest BCUT2D eigenvalue weighted by molar-refractivity contribution is -0.0852. The molecule has 0 spiro atoms. The lowest BCUT2D eigenvalue weighted by atomic mass is 9.89. The highest BCUT2D eigenvalue weighted by molar-refractivity contribution is 5.67. The SMILES string of the molecule is CC(Cn1cnnn1)Oc1cc(-c2cnc(Nc3cn(C4CCC(N5C[C@@H](C)O[C@@H](C)C5)CC4)nc3OCCCC#N)nc2)ccc1C#N. The number of benzene rings is 1. The fourth-order valence-electron chi connectivity index (χ4n) is 6.61. The molecular weight excluding hydrogens is 624 g/mol. The fraction of sp³-hybridized carbons (Fsp3) is 0.529. The maximum Gasteiger partial charge on any atom is 0.256 e. The second kappa shape index (κ2) is 15.9. The number of hydrogen-bond donors (Lipinski definition) is 1. The molecule has 49 heavy (non-hydrogen) atoms. The minimum absolute atomic E-state index is 0.260. The van der Waals surface area contributed by atoms with E-state index in [4.69, 9.17) is 24.6 Å². The summed E-state index contributed by atoms with van der Waals surface area (Å²) in [6, 6.07) is 10.6. The summed E-state index contributed by atoms with van der Waals surface area (Å²) in [5.41, 5.74) is 2.66. The second-order valence-electron chi connectivity index (χ2n) is 12.8. The highest BCUT2D eigenvalue weighted by Crippen LogP contribution is 2.35. The molecule has 6 rings (SSSR count). The summed E-state index contributed by atoms with van der Waals surface area (Å²) in [5, 5.41) is 37.9. The van der Waals surface area contributed by atoms with E-state index >= 15 is 0 Å². The standard InChI is InChI=1S/C34H42N12O3/c1-23-18-44(19-24(2)48-23)29-8-10-30(11-9-29)46-21-31(33(41-46)47-13-5-4-12-35)40-34-37-16-28(17-38-34)26-6-7-27(15-36)32(14-26)49-25(3)20-45-22-39-42-43-45/h6-7,14,16-17,21-25,29-30H,4-5,8-11,13,18-20H2,1-3H3,(H,37,38,40)/t23-,24+,25?,29?,30?. The van der Waals surface area contributed by atoms with Crippen LogP contribution in [-0.2, 0) is 11.3 Å². The minimum Gasteiger partial charge on any atom is -0.487 e. The quantitative estimate of drug-likeness (QED) is 0.195. The van der Waals surface area contributed by atoms with Crippen molar-refractivity contribution >= 4 is 11.6 Å². The van der Waals surface area contributed by atoms with Crippen molar-refractivity contribution < 1.29 is 14.2 Å². The third kappa shape index (κ3) is 8.68. The Morgan fingerprint density at radius 1 is 1.04 bits per heavy atom. The number of nitriles is 2. The number of aromatic nitrogens is 8. The predicted octanol–water partition coefficient (Wildman–Crippen LogP) is 4.68. The Labute approximate surface area is 285 Å². The van der Waals surface area contributed by atoms with Crippen LogP contribution in [0.4, 0.5) is 11.6 Å². The van der Waals surface area contributed by atoms with Gasteiger partial charge in [-0.05, 0) is 81.0 Å². The predicted molar refractivity (Wildman–Crippen MR) is 179 cm³/mol. The van der Waals surface area contributed by atoms with Gasteiger partial charge < -0.3 is 19.5 Å². The van der Waals surface area contributed by atoms with Crippen molar-refractivity contribution in [2.45, 2.75) is 96.2 Å². The number of anilines is 2. The zero-order valence-electron chi connectivity index (χ0n) is 28.1. The molecule has 0 bridgehead atoms. The average molecular weight is 667 g/mol. The lowest BCUT2D eigenvalue weighted by Gasteiger charge is -2.42. The Morgan fingerprint density at radius 2 is 1.80 bits per heavy atom. The van der Waals surface area contributed by atoms with Crippen LogP contribution < -0.4 is 14.8 Å². The van der Waals surface area contributed by atoms with Crippen molar-refractivity contribution in [2.24, 2.45) is 0 Å². The van der Waals surface area contributed by atoms with Gasteiger partial charge in [0.05, 0.1) is 49.2 Å². The lowest BCUT2D eigenvalue weighted by Crippen LogP contribution is -2.51. The van der Waals surface area contributed by atoms with Crippen LogP contribution in [0.5, 0.6) is 11.6 Å². The number of ether oxygens (including phenoxy) is 3. The van der Waals surface area contributed by atoms with Crippen LogP contribution in [0.15, 0.2) is 43.1 Å². The van der Waals surface area contributed by atoms with Crippen LogP contribution in [0.3, 0.4) is 0 Å². The molecule has 4 aromatic rings. The molecule has 15 heteroatoms. The minimum atomic E-state index is -0.279. The number of nitrogens with one attached hydrogen (secondary N) is 1. The Kier molecular flexibility index (Phi) is 10.9. The molecule has 3 atom stereocenters. The zero-order valence-corrected chi connectivity index (χ0v) is 28.1. The summed E-state index contributed by atoms with van der Waals surface area (Å²) in [7, 11) is 0. The number of morpholine rings is 1. The normalized spacial score (nSPS) is 21.7. The zero-order chi connectivity index (χ0) is 34.2. The second-order valence-corrected chi connectivity index (χ2v) is 12.8. The van der Waals surface area contributed by atoms with Gasteiger partial charge in [0.15, 0.2) is 0 Å². The summed E-state index contributed by atoms with van der Waals surface area (Å²) in [5.74, 6) is 1.31. The highest BCUT2D eigenvalue weighted by atomic mass is 16.5. The van der Waals surface area contributed by atoms with Crippen molar-refractivity contribution in [3.63, 3.8) is 0 Å². The van der Waals surface area contributed by atoms with Crippen molar-refractivity contribution in [3.8, 4) is 34.9 Å². The first-order valence-electron chi connectivity index (χ1n) is 16.9. The summed E-state index contributed by atoms with van der Waals surface area (Å²) in [6.45, 7) is 8.99. The van der Waals surface area contributed by atoms with Gasteiger partial charge in [0.1, 0.15) is 29.9 Å². The van der Waals surface area contributed by atoms with Gasteiger partial charge in [0.2, 0.25) is 5.95 Å². The molecule has 0 radical (unpaired) electrons. The van der Waals surface area contributed by atoms with E-state index in [-0.39, 0.29) is 24.4 Å². The molecule has 1 aromatic carbocycles. The smallest absolute Gasteiger partial charge is 0.256 e. The highest BCUT2D eigenvalue weighted by Gasteiger charge is 2.32. The van der Waals surface area contributed by atoms with E-state index in [9.17, 15) is 5.26 Å². The molecule has 1 saturated heterocycles. The van der Waals surface area contributed by atoms with E-state index in [0.29, 0.717) is 60.9 Å². The molecular formula is C34H42N12O3. The first-order valence-corrected chi connectivity index (χ1v) is 16.9. The van der Waals surface area contributed by atoms with E-state index in [0.717, 1.165) is 49.9 Å². The summed E-state index contributed by atoms with van der Waals surface area (Å²) < 4.78 is 21.7. The number of nitrogens with zero attached hydrogens (tertiary/aromatic N) is 11. The summed E-state index contributed by atoms with van der Waals surface area (Å²) in [6.07, 6.45) is 12.5. The first-order chi connectivity index (χ1) is 23.9. The molecule has 0 amide bonds. The monoisotopic (exact) mass is 666 g/mol. The van der Waals surface area contributed by atoms with Gasteiger partial charge >= 0.3 is 0 Å². The van der Waals surface area contributed by atoms with E-state index in [2.05, 4.69) is 61.7 Å². The third-order valence-corrected chi connectivity index (χ3v) is 8.87. The Hall–Kier alpha value is -5.12. The average Bonchev–Trinajstić information content (AvgIpc) is 3.76.